The largest absolute Gasteiger partial charge is 0.457 e. The molecule has 3 aromatic rings. The van der Waals surface area contributed by atoms with E-state index in [1.165, 1.54) is 6.08 Å². The Balaban J connectivity index is 1.63. The first-order chi connectivity index (χ1) is 14.0. The number of nitrogens with one attached hydrogen (secondary N) is 1. The molecule has 0 spiro atoms. The zero-order valence-electron chi connectivity index (χ0n) is 16.3. The molecule has 1 amide bonds. The molecule has 0 saturated heterocycles. The predicted octanol–water partition coefficient (Wildman–Crippen LogP) is 6.75. The molecule has 0 aliphatic heterocycles. The molecule has 3 rings (SSSR count). The molecule has 1 aromatic heterocycles. The summed E-state index contributed by atoms with van der Waals surface area (Å²) < 4.78 is 5.76. The fourth-order valence-corrected chi connectivity index (χ4v) is 3.51. The van der Waals surface area contributed by atoms with Crippen LogP contribution in [0.15, 0.2) is 65.1 Å². The maximum absolute atomic E-state index is 12.2. The highest BCUT2D eigenvalue weighted by Crippen LogP contribution is 2.29. The van der Waals surface area contributed by atoms with Crippen LogP contribution in [0.25, 0.3) is 17.4 Å². The van der Waals surface area contributed by atoms with Crippen LogP contribution in [-0.4, -0.2) is 19.0 Å². The van der Waals surface area contributed by atoms with Crippen LogP contribution in [-0.2, 0) is 4.79 Å². The zero-order valence-corrected chi connectivity index (χ0v) is 17.8. The molecule has 0 atom stereocenters. The first-order valence-corrected chi connectivity index (χ1v) is 10.1. The Labute approximate surface area is 180 Å². The molecule has 0 fully saturated rings. The van der Waals surface area contributed by atoms with Crippen LogP contribution < -0.4 is 10.2 Å². The molecule has 6 heteroatoms. The minimum absolute atomic E-state index is 0.232. The number of benzene rings is 2. The molecule has 29 heavy (non-hydrogen) atoms. The number of halogens is 2. The standard InChI is InChI=1S/C23H22Cl2N2O2/c1-3-27(4-2)20-7-5-19(6-8-20)26-23(28)12-10-21-9-11-22(29-21)16-13-17(24)15-18(25)14-16/h5-15H,3-4H2,1-2H3,(H,26,28). The Bertz CT molecular complexity index is 986. The molecule has 4 nitrogen and oxygen atoms in total. The SMILES string of the molecule is CCN(CC)c1ccc(NC(=O)C=Cc2ccc(-c3cc(Cl)cc(Cl)c3)o2)cc1. The number of hydrogen-bond donors (Lipinski definition) is 1. The van der Waals surface area contributed by atoms with E-state index in [0.29, 0.717) is 21.6 Å². The molecule has 0 saturated carbocycles. The second-order valence-corrected chi connectivity index (χ2v) is 7.27. The number of furan rings is 1. The third kappa shape index (κ3) is 5.66. The van der Waals surface area contributed by atoms with Crippen molar-refractivity contribution in [1.29, 1.82) is 0 Å². The van der Waals surface area contributed by atoms with E-state index in [2.05, 4.69) is 24.1 Å². The monoisotopic (exact) mass is 428 g/mol. The van der Waals surface area contributed by atoms with Crippen molar-refractivity contribution >= 4 is 46.6 Å². The summed E-state index contributed by atoms with van der Waals surface area (Å²) in [6, 6.07) is 16.6. The van der Waals surface area contributed by atoms with E-state index in [1.807, 2.05) is 30.3 Å². The minimum atomic E-state index is -0.232. The van der Waals surface area contributed by atoms with Gasteiger partial charge in [0.05, 0.1) is 0 Å². The molecule has 2 aromatic carbocycles. The van der Waals surface area contributed by atoms with Crippen molar-refractivity contribution in [2.45, 2.75) is 13.8 Å². The van der Waals surface area contributed by atoms with Crippen molar-refractivity contribution < 1.29 is 9.21 Å². The Morgan fingerprint density at radius 1 is 1.00 bits per heavy atom. The van der Waals surface area contributed by atoms with Crippen LogP contribution in [0.3, 0.4) is 0 Å². The van der Waals surface area contributed by atoms with Crippen LogP contribution in [0.1, 0.15) is 19.6 Å². The number of rotatable bonds is 7. The Hall–Kier alpha value is -2.69. The topological polar surface area (TPSA) is 45.5 Å². The maximum Gasteiger partial charge on any atom is 0.248 e. The van der Waals surface area contributed by atoms with Crippen molar-refractivity contribution in [3.8, 4) is 11.3 Å². The van der Waals surface area contributed by atoms with Crippen molar-refractivity contribution in [1.82, 2.24) is 0 Å². The lowest BCUT2D eigenvalue weighted by Gasteiger charge is -2.21. The summed E-state index contributed by atoms with van der Waals surface area (Å²) in [6.45, 7) is 6.12. The second kappa shape index (κ2) is 9.68. The van der Waals surface area contributed by atoms with Crippen LogP contribution in [0.4, 0.5) is 11.4 Å². The summed E-state index contributed by atoms with van der Waals surface area (Å²) in [5, 5.41) is 3.92. The summed E-state index contributed by atoms with van der Waals surface area (Å²) in [5.41, 5.74) is 2.65. The molecule has 0 unspecified atom stereocenters. The molecule has 150 valence electrons. The number of nitrogens with zero attached hydrogens (tertiary/aromatic N) is 1. The van der Waals surface area contributed by atoms with Gasteiger partial charge in [-0.25, -0.2) is 0 Å². The predicted molar refractivity (Wildman–Crippen MR) is 122 cm³/mol. The Kier molecular flexibility index (Phi) is 7.02. The zero-order chi connectivity index (χ0) is 20.8. The minimum Gasteiger partial charge on any atom is -0.457 e. The molecule has 1 N–H and O–H groups in total. The average Bonchev–Trinajstić information content (AvgIpc) is 3.17. The summed E-state index contributed by atoms with van der Waals surface area (Å²) >= 11 is 12.1. The van der Waals surface area contributed by atoms with Gasteiger partial charge in [0.2, 0.25) is 5.91 Å². The van der Waals surface area contributed by atoms with Gasteiger partial charge in [0, 0.05) is 46.1 Å². The molecule has 1 heterocycles. The van der Waals surface area contributed by atoms with E-state index in [9.17, 15) is 4.79 Å². The van der Waals surface area contributed by atoms with Gasteiger partial charge in [-0.05, 0) is 74.5 Å². The number of amides is 1. The molecule has 0 bridgehead atoms. The van der Waals surface area contributed by atoms with E-state index in [4.69, 9.17) is 27.6 Å². The van der Waals surface area contributed by atoms with Crippen LogP contribution in [0.5, 0.6) is 0 Å². The summed E-state index contributed by atoms with van der Waals surface area (Å²) in [6.07, 6.45) is 3.06. The van der Waals surface area contributed by atoms with Gasteiger partial charge in [0.25, 0.3) is 0 Å². The summed E-state index contributed by atoms with van der Waals surface area (Å²) in [7, 11) is 0. The van der Waals surface area contributed by atoms with Gasteiger partial charge in [-0.2, -0.15) is 0 Å². The van der Waals surface area contributed by atoms with Gasteiger partial charge in [-0.15, -0.1) is 0 Å². The van der Waals surface area contributed by atoms with Gasteiger partial charge in [-0.1, -0.05) is 23.2 Å². The molecule has 0 radical (unpaired) electrons. The molecular weight excluding hydrogens is 407 g/mol. The lowest BCUT2D eigenvalue weighted by atomic mass is 10.2. The van der Waals surface area contributed by atoms with E-state index in [0.717, 1.165) is 30.0 Å². The van der Waals surface area contributed by atoms with Gasteiger partial charge < -0.3 is 14.6 Å². The van der Waals surface area contributed by atoms with Gasteiger partial charge in [-0.3, -0.25) is 4.79 Å². The maximum atomic E-state index is 12.2. The first kappa shape index (κ1) is 21.0. The van der Waals surface area contributed by atoms with Gasteiger partial charge >= 0.3 is 0 Å². The second-order valence-electron chi connectivity index (χ2n) is 6.40. The molecule has 0 aliphatic carbocycles. The number of carbonyl (C=O) groups excluding carboxylic acids is 1. The molecular formula is C23H22Cl2N2O2. The fraction of sp³-hybridized carbons (Fsp3) is 0.174. The van der Waals surface area contributed by atoms with Crippen molar-refractivity contribution in [3.05, 3.63) is 76.5 Å². The number of carbonyl (C=O) groups is 1. The fourth-order valence-electron chi connectivity index (χ4n) is 2.98. The highest BCUT2D eigenvalue weighted by molar-refractivity contribution is 6.35. The van der Waals surface area contributed by atoms with Crippen LogP contribution >= 0.6 is 23.2 Å². The normalized spacial score (nSPS) is 11.0. The first-order valence-electron chi connectivity index (χ1n) is 9.39. The lowest BCUT2D eigenvalue weighted by Crippen LogP contribution is -2.21. The lowest BCUT2D eigenvalue weighted by molar-refractivity contribution is -0.111. The molecule has 0 aliphatic rings. The summed E-state index contributed by atoms with van der Waals surface area (Å²) in [4.78, 5) is 14.4. The van der Waals surface area contributed by atoms with E-state index < -0.39 is 0 Å². The van der Waals surface area contributed by atoms with Crippen molar-refractivity contribution in [2.75, 3.05) is 23.3 Å². The highest BCUT2D eigenvalue weighted by Gasteiger charge is 2.07. The van der Waals surface area contributed by atoms with Crippen molar-refractivity contribution in [2.24, 2.45) is 0 Å². The average molecular weight is 429 g/mol. The van der Waals surface area contributed by atoms with E-state index >= 15 is 0 Å². The van der Waals surface area contributed by atoms with Crippen LogP contribution in [0.2, 0.25) is 10.0 Å². The van der Waals surface area contributed by atoms with E-state index in [-0.39, 0.29) is 5.91 Å². The van der Waals surface area contributed by atoms with Crippen molar-refractivity contribution in [3.63, 3.8) is 0 Å². The summed E-state index contributed by atoms with van der Waals surface area (Å²) in [5.74, 6) is 0.953. The number of hydrogen-bond acceptors (Lipinski definition) is 3. The van der Waals surface area contributed by atoms with Gasteiger partial charge in [0.15, 0.2) is 0 Å². The Morgan fingerprint density at radius 3 is 2.28 bits per heavy atom. The highest BCUT2D eigenvalue weighted by atomic mass is 35.5. The number of anilines is 2. The third-order valence-electron chi connectivity index (χ3n) is 4.44. The third-order valence-corrected chi connectivity index (χ3v) is 4.87. The smallest absolute Gasteiger partial charge is 0.248 e. The van der Waals surface area contributed by atoms with Gasteiger partial charge in [0.1, 0.15) is 11.5 Å². The Morgan fingerprint density at radius 2 is 1.66 bits per heavy atom. The van der Waals surface area contributed by atoms with Crippen LogP contribution in [0, 0.1) is 0 Å². The quantitative estimate of drug-likeness (QED) is 0.423. The van der Waals surface area contributed by atoms with E-state index in [1.54, 1.807) is 30.3 Å².